The summed E-state index contributed by atoms with van der Waals surface area (Å²) in [6, 6.07) is 14.3. The Hall–Kier alpha value is -1.83. The molecule has 2 nitrogen and oxygen atoms in total. The molecular weight excluding hydrogens is 196 g/mol. The Morgan fingerprint density at radius 3 is 2.62 bits per heavy atom. The minimum absolute atomic E-state index is 0.919. The van der Waals surface area contributed by atoms with Crippen molar-refractivity contribution in [3.05, 3.63) is 59.9 Å². The second-order valence-corrected chi connectivity index (χ2v) is 3.81. The molecule has 1 aromatic heterocycles. The highest BCUT2D eigenvalue weighted by atomic mass is 14.9. The van der Waals surface area contributed by atoms with Crippen LogP contribution < -0.4 is 5.32 Å². The summed E-state index contributed by atoms with van der Waals surface area (Å²) in [6.07, 6.45) is 2.79. The molecule has 0 bridgehead atoms. The Balaban J connectivity index is 1.87. The third-order valence-electron chi connectivity index (χ3n) is 2.57. The van der Waals surface area contributed by atoms with Crippen LogP contribution >= 0.6 is 0 Å². The van der Waals surface area contributed by atoms with Gasteiger partial charge in [0.05, 0.1) is 0 Å². The number of hydrogen-bond donors (Lipinski definition) is 1. The number of nitrogens with zero attached hydrogens (tertiary/aromatic N) is 1. The van der Waals surface area contributed by atoms with Crippen molar-refractivity contribution in [1.29, 1.82) is 0 Å². The van der Waals surface area contributed by atoms with Crippen LogP contribution in [0.5, 0.6) is 0 Å². The minimum atomic E-state index is 0.919. The predicted molar refractivity (Wildman–Crippen MR) is 67.6 cm³/mol. The smallest absolute Gasteiger partial charge is 0.0421 e. The number of aryl methyl sites for hydroxylation is 1. The molecule has 0 saturated heterocycles. The van der Waals surface area contributed by atoms with Crippen LogP contribution in [0.25, 0.3) is 0 Å². The number of pyridine rings is 1. The standard InChI is InChI=1S/C14H16N2/c1-12-6-2-3-8-14(12)16-11-9-13-7-4-5-10-15-13/h2-8,10,16H,9,11H2,1H3. The van der Waals surface area contributed by atoms with Gasteiger partial charge in [0, 0.05) is 30.5 Å². The summed E-state index contributed by atoms with van der Waals surface area (Å²) in [4.78, 5) is 4.29. The van der Waals surface area contributed by atoms with Crippen molar-refractivity contribution in [1.82, 2.24) is 4.98 Å². The maximum Gasteiger partial charge on any atom is 0.0421 e. The van der Waals surface area contributed by atoms with Gasteiger partial charge in [-0.3, -0.25) is 4.98 Å². The van der Waals surface area contributed by atoms with Gasteiger partial charge in [-0.2, -0.15) is 0 Å². The lowest BCUT2D eigenvalue weighted by Crippen LogP contribution is -2.06. The molecule has 0 radical (unpaired) electrons. The first-order valence-corrected chi connectivity index (χ1v) is 5.55. The van der Waals surface area contributed by atoms with Gasteiger partial charge in [0.25, 0.3) is 0 Å². The van der Waals surface area contributed by atoms with E-state index in [9.17, 15) is 0 Å². The normalized spacial score (nSPS) is 10.1. The van der Waals surface area contributed by atoms with Crippen molar-refractivity contribution >= 4 is 5.69 Å². The molecule has 82 valence electrons. The third kappa shape index (κ3) is 2.83. The van der Waals surface area contributed by atoms with Crippen molar-refractivity contribution in [2.45, 2.75) is 13.3 Å². The molecule has 0 spiro atoms. The van der Waals surface area contributed by atoms with Gasteiger partial charge in [-0.1, -0.05) is 24.3 Å². The van der Waals surface area contributed by atoms with Gasteiger partial charge in [-0.15, -0.1) is 0 Å². The molecule has 0 fully saturated rings. The first-order valence-electron chi connectivity index (χ1n) is 5.55. The largest absolute Gasteiger partial charge is 0.384 e. The van der Waals surface area contributed by atoms with Crippen LogP contribution in [-0.2, 0) is 6.42 Å². The maximum absolute atomic E-state index is 4.29. The summed E-state index contributed by atoms with van der Waals surface area (Å²) in [5.74, 6) is 0. The van der Waals surface area contributed by atoms with Gasteiger partial charge in [-0.25, -0.2) is 0 Å². The molecule has 0 amide bonds. The second kappa shape index (κ2) is 5.31. The van der Waals surface area contributed by atoms with Crippen molar-refractivity contribution in [3.63, 3.8) is 0 Å². The van der Waals surface area contributed by atoms with E-state index in [1.165, 1.54) is 11.3 Å². The fourth-order valence-corrected chi connectivity index (χ4v) is 1.64. The lowest BCUT2D eigenvalue weighted by atomic mass is 10.2. The van der Waals surface area contributed by atoms with Gasteiger partial charge in [0.2, 0.25) is 0 Å². The number of rotatable bonds is 4. The van der Waals surface area contributed by atoms with Crippen LogP contribution in [0.3, 0.4) is 0 Å². The van der Waals surface area contributed by atoms with Gasteiger partial charge >= 0.3 is 0 Å². The molecule has 16 heavy (non-hydrogen) atoms. The molecule has 0 aliphatic rings. The molecule has 1 heterocycles. The molecule has 1 N–H and O–H groups in total. The fourth-order valence-electron chi connectivity index (χ4n) is 1.64. The number of hydrogen-bond acceptors (Lipinski definition) is 2. The maximum atomic E-state index is 4.29. The van der Waals surface area contributed by atoms with E-state index in [0.29, 0.717) is 0 Å². The van der Waals surface area contributed by atoms with E-state index >= 15 is 0 Å². The molecule has 2 heteroatoms. The number of nitrogens with one attached hydrogen (secondary N) is 1. The van der Waals surface area contributed by atoms with E-state index in [-0.39, 0.29) is 0 Å². The lowest BCUT2D eigenvalue weighted by Gasteiger charge is -2.08. The van der Waals surface area contributed by atoms with E-state index in [1.54, 1.807) is 0 Å². The summed E-state index contributed by atoms with van der Waals surface area (Å²) in [6.45, 7) is 3.03. The molecular formula is C14H16N2. The highest BCUT2D eigenvalue weighted by Crippen LogP contribution is 2.12. The van der Waals surface area contributed by atoms with E-state index in [0.717, 1.165) is 18.7 Å². The van der Waals surface area contributed by atoms with Crippen LogP contribution in [-0.4, -0.2) is 11.5 Å². The number of aromatic nitrogens is 1. The van der Waals surface area contributed by atoms with Crippen LogP contribution in [0.15, 0.2) is 48.7 Å². The van der Waals surface area contributed by atoms with Gasteiger partial charge in [0.1, 0.15) is 0 Å². The van der Waals surface area contributed by atoms with Crippen LogP contribution in [0.4, 0.5) is 5.69 Å². The van der Waals surface area contributed by atoms with E-state index in [2.05, 4.69) is 47.6 Å². The van der Waals surface area contributed by atoms with Gasteiger partial charge in [-0.05, 0) is 30.7 Å². The Morgan fingerprint density at radius 2 is 1.88 bits per heavy atom. The zero-order valence-corrected chi connectivity index (χ0v) is 9.48. The van der Waals surface area contributed by atoms with E-state index < -0.39 is 0 Å². The molecule has 0 unspecified atom stereocenters. The van der Waals surface area contributed by atoms with Crippen LogP contribution in [0.2, 0.25) is 0 Å². The summed E-state index contributed by atoms with van der Waals surface area (Å²) < 4.78 is 0. The Labute approximate surface area is 96.4 Å². The number of anilines is 1. The van der Waals surface area contributed by atoms with Crippen molar-refractivity contribution in [2.24, 2.45) is 0 Å². The predicted octanol–water partition coefficient (Wildman–Crippen LogP) is 3.04. The summed E-state index contributed by atoms with van der Waals surface area (Å²) >= 11 is 0. The average molecular weight is 212 g/mol. The van der Waals surface area contributed by atoms with E-state index in [4.69, 9.17) is 0 Å². The first kappa shape index (κ1) is 10.7. The SMILES string of the molecule is Cc1ccccc1NCCc1ccccn1. The minimum Gasteiger partial charge on any atom is -0.384 e. The Bertz CT molecular complexity index is 437. The molecule has 2 aromatic rings. The molecule has 0 saturated carbocycles. The Morgan fingerprint density at radius 1 is 1.06 bits per heavy atom. The van der Waals surface area contributed by atoms with Crippen LogP contribution in [0.1, 0.15) is 11.3 Å². The molecule has 0 aliphatic heterocycles. The second-order valence-electron chi connectivity index (χ2n) is 3.81. The van der Waals surface area contributed by atoms with E-state index in [1.807, 2.05) is 18.3 Å². The third-order valence-corrected chi connectivity index (χ3v) is 2.57. The monoisotopic (exact) mass is 212 g/mol. The molecule has 0 aliphatic carbocycles. The highest BCUT2D eigenvalue weighted by Gasteiger charge is 1.96. The Kier molecular flexibility index (Phi) is 3.54. The topological polar surface area (TPSA) is 24.9 Å². The summed E-state index contributed by atoms with van der Waals surface area (Å²) in [5.41, 5.74) is 3.62. The van der Waals surface area contributed by atoms with Crippen molar-refractivity contribution in [2.75, 3.05) is 11.9 Å². The van der Waals surface area contributed by atoms with Crippen molar-refractivity contribution < 1.29 is 0 Å². The molecule has 2 rings (SSSR count). The van der Waals surface area contributed by atoms with Gasteiger partial charge < -0.3 is 5.32 Å². The highest BCUT2D eigenvalue weighted by molar-refractivity contribution is 5.50. The average Bonchev–Trinajstić information content (AvgIpc) is 2.33. The fraction of sp³-hybridized carbons (Fsp3) is 0.214. The molecule has 1 aromatic carbocycles. The first-order chi connectivity index (χ1) is 7.86. The summed E-state index contributed by atoms with van der Waals surface area (Å²) in [5, 5.41) is 3.42. The van der Waals surface area contributed by atoms with Crippen LogP contribution in [0, 0.1) is 6.92 Å². The number of benzene rings is 1. The quantitative estimate of drug-likeness (QED) is 0.842. The number of para-hydroxylation sites is 1. The summed E-state index contributed by atoms with van der Waals surface area (Å²) in [7, 11) is 0. The van der Waals surface area contributed by atoms with Crippen molar-refractivity contribution in [3.8, 4) is 0 Å². The zero-order chi connectivity index (χ0) is 11.2. The molecule has 0 atom stereocenters. The van der Waals surface area contributed by atoms with Gasteiger partial charge in [0.15, 0.2) is 0 Å². The lowest BCUT2D eigenvalue weighted by molar-refractivity contribution is 0.960. The zero-order valence-electron chi connectivity index (χ0n) is 9.48.